The Kier molecular flexibility index (Phi) is 4.19. The second kappa shape index (κ2) is 5.74. The van der Waals surface area contributed by atoms with Gasteiger partial charge in [0.2, 0.25) is 5.88 Å². The summed E-state index contributed by atoms with van der Waals surface area (Å²) in [7, 11) is 0. The van der Waals surface area contributed by atoms with Gasteiger partial charge in [-0.25, -0.2) is 9.78 Å². The molecule has 5 heteroatoms. The van der Waals surface area contributed by atoms with Gasteiger partial charge in [0.1, 0.15) is 5.75 Å². The summed E-state index contributed by atoms with van der Waals surface area (Å²) in [6.07, 6.45) is 0. The number of hydrogen-bond acceptors (Lipinski definition) is 3. The highest BCUT2D eigenvalue weighted by Crippen LogP contribution is 2.28. The molecule has 21 heavy (non-hydrogen) atoms. The monoisotopic (exact) mass is 305 g/mol. The van der Waals surface area contributed by atoms with E-state index in [1.807, 2.05) is 18.2 Å². The maximum Gasteiger partial charge on any atom is 0.356 e. The van der Waals surface area contributed by atoms with Crippen molar-refractivity contribution in [3.8, 4) is 11.6 Å². The van der Waals surface area contributed by atoms with Crippen LogP contribution in [0.1, 0.15) is 36.8 Å². The van der Waals surface area contributed by atoms with Crippen molar-refractivity contribution in [3.63, 3.8) is 0 Å². The van der Waals surface area contributed by atoms with Gasteiger partial charge in [0.15, 0.2) is 5.69 Å². The number of benzene rings is 1. The van der Waals surface area contributed by atoms with Gasteiger partial charge in [0, 0.05) is 6.07 Å². The lowest BCUT2D eigenvalue weighted by Gasteiger charge is -2.19. The summed E-state index contributed by atoms with van der Waals surface area (Å²) in [6, 6.07) is 10.6. The first-order valence-corrected chi connectivity index (χ1v) is 6.83. The van der Waals surface area contributed by atoms with Crippen molar-refractivity contribution in [1.82, 2.24) is 4.98 Å². The Balaban J connectivity index is 2.31. The molecular weight excluding hydrogens is 290 g/mol. The molecule has 0 aliphatic heterocycles. The number of pyridine rings is 1. The molecule has 0 unspecified atom stereocenters. The highest BCUT2D eigenvalue weighted by molar-refractivity contribution is 6.33. The number of halogens is 1. The minimum atomic E-state index is -1.19. The van der Waals surface area contributed by atoms with Crippen molar-refractivity contribution >= 4 is 17.6 Å². The lowest BCUT2D eigenvalue weighted by Crippen LogP contribution is -2.10. The first kappa shape index (κ1) is 15.3. The Morgan fingerprint density at radius 3 is 2.57 bits per heavy atom. The Morgan fingerprint density at radius 2 is 1.95 bits per heavy atom. The number of carboxylic acids is 1. The summed E-state index contributed by atoms with van der Waals surface area (Å²) < 4.78 is 5.63. The quantitative estimate of drug-likeness (QED) is 0.905. The summed E-state index contributed by atoms with van der Waals surface area (Å²) >= 11 is 5.78. The molecule has 0 saturated heterocycles. The number of carboxylic acid groups (broad SMARTS) is 1. The smallest absolute Gasteiger partial charge is 0.356 e. The zero-order valence-electron chi connectivity index (χ0n) is 12.1. The Labute approximate surface area is 128 Å². The van der Waals surface area contributed by atoms with E-state index in [4.69, 9.17) is 21.4 Å². The zero-order valence-corrected chi connectivity index (χ0v) is 12.8. The van der Waals surface area contributed by atoms with Crippen molar-refractivity contribution in [2.45, 2.75) is 26.2 Å². The van der Waals surface area contributed by atoms with Gasteiger partial charge in [-0.3, -0.25) is 0 Å². The number of aromatic nitrogens is 1. The van der Waals surface area contributed by atoms with Crippen molar-refractivity contribution in [1.29, 1.82) is 0 Å². The normalized spacial score (nSPS) is 11.2. The molecule has 0 fully saturated rings. The molecule has 0 saturated carbocycles. The highest BCUT2D eigenvalue weighted by atomic mass is 35.5. The molecule has 0 bridgehead atoms. The van der Waals surface area contributed by atoms with E-state index in [0.717, 1.165) is 5.56 Å². The fraction of sp³-hybridized carbons (Fsp3) is 0.250. The van der Waals surface area contributed by atoms with Crippen LogP contribution in [0, 0.1) is 0 Å². The zero-order chi connectivity index (χ0) is 15.6. The summed E-state index contributed by atoms with van der Waals surface area (Å²) in [6.45, 7) is 6.32. The number of aromatic carboxylic acids is 1. The molecule has 110 valence electrons. The summed E-state index contributed by atoms with van der Waals surface area (Å²) in [5.41, 5.74) is 0.896. The fourth-order valence-electron chi connectivity index (χ4n) is 1.78. The second-order valence-corrected chi connectivity index (χ2v) is 6.07. The van der Waals surface area contributed by atoms with Gasteiger partial charge >= 0.3 is 5.97 Å². The minimum Gasteiger partial charge on any atom is -0.476 e. The van der Waals surface area contributed by atoms with Crippen LogP contribution in [0.5, 0.6) is 11.6 Å². The van der Waals surface area contributed by atoms with Gasteiger partial charge < -0.3 is 9.84 Å². The van der Waals surface area contributed by atoms with E-state index in [1.54, 1.807) is 12.1 Å². The Hall–Kier alpha value is -2.07. The van der Waals surface area contributed by atoms with Crippen LogP contribution in [0.25, 0.3) is 0 Å². The molecule has 1 aromatic heterocycles. The SMILES string of the molecule is CC(C)(C)c1cccc(Oc2ccc(Cl)c(C(=O)O)n2)c1. The molecule has 1 aromatic carbocycles. The first-order valence-electron chi connectivity index (χ1n) is 6.45. The minimum absolute atomic E-state index is 0.000973. The molecule has 1 N–H and O–H groups in total. The van der Waals surface area contributed by atoms with Crippen LogP contribution in [0.3, 0.4) is 0 Å². The third kappa shape index (κ3) is 3.73. The summed E-state index contributed by atoms with van der Waals surface area (Å²) in [5, 5.41) is 9.09. The first-order chi connectivity index (χ1) is 9.77. The van der Waals surface area contributed by atoms with Crippen LogP contribution in [0.15, 0.2) is 36.4 Å². The van der Waals surface area contributed by atoms with Crippen LogP contribution in [-0.2, 0) is 5.41 Å². The van der Waals surface area contributed by atoms with Gasteiger partial charge in [-0.2, -0.15) is 0 Å². The third-order valence-corrected chi connectivity index (χ3v) is 3.25. The molecule has 0 amide bonds. The lowest BCUT2D eigenvalue weighted by atomic mass is 9.87. The van der Waals surface area contributed by atoms with E-state index >= 15 is 0 Å². The highest BCUT2D eigenvalue weighted by Gasteiger charge is 2.15. The van der Waals surface area contributed by atoms with Crippen molar-refractivity contribution < 1.29 is 14.6 Å². The van der Waals surface area contributed by atoms with E-state index in [0.29, 0.717) is 5.75 Å². The molecule has 2 aromatic rings. The van der Waals surface area contributed by atoms with E-state index in [9.17, 15) is 4.79 Å². The van der Waals surface area contributed by atoms with Crippen molar-refractivity contribution in [2.24, 2.45) is 0 Å². The predicted octanol–water partition coefficient (Wildman–Crippen LogP) is 4.52. The van der Waals surface area contributed by atoms with Crippen LogP contribution in [0.4, 0.5) is 0 Å². The maximum absolute atomic E-state index is 11.0. The second-order valence-electron chi connectivity index (χ2n) is 5.66. The molecule has 0 aliphatic carbocycles. The number of rotatable bonds is 3. The lowest BCUT2D eigenvalue weighted by molar-refractivity contribution is 0.0690. The molecule has 1 heterocycles. The van der Waals surface area contributed by atoms with Crippen LogP contribution in [-0.4, -0.2) is 16.1 Å². The van der Waals surface area contributed by atoms with E-state index < -0.39 is 5.97 Å². The van der Waals surface area contributed by atoms with E-state index in [1.165, 1.54) is 6.07 Å². The summed E-state index contributed by atoms with van der Waals surface area (Å²) in [5.74, 6) is -0.384. The van der Waals surface area contributed by atoms with Gasteiger partial charge in [-0.15, -0.1) is 0 Å². The predicted molar refractivity (Wildman–Crippen MR) is 81.4 cm³/mol. The number of ether oxygens (including phenoxy) is 1. The van der Waals surface area contributed by atoms with Gasteiger partial charge in [-0.05, 0) is 29.2 Å². The third-order valence-electron chi connectivity index (χ3n) is 2.95. The average molecular weight is 306 g/mol. The molecule has 0 spiro atoms. The number of hydrogen-bond donors (Lipinski definition) is 1. The molecule has 0 atom stereocenters. The van der Waals surface area contributed by atoms with Gasteiger partial charge in [0.25, 0.3) is 0 Å². The molecule has 0 aliphatic rings. The Morgan fingerprint density at radius 1 is 1.24 bits per heavy atom. The largest absolute Gasteiger partial charge is 0.476 e. The topological polar surface area (TPSA) is 59.4 Å². The molecule has 2 rings (SSSR count). The maximum atomic E-state index is 11.0. The van der Waals surface area contributed by atoms with Gasteiger partial charge in [-0.1, -0.05) is 44.5 Å². The Bertz CT molecular complexity index is 677. The standard InChI is InChI=1S/C16H16ClNO3/c1-16(2,3)10-5-4-6-11(9-10)21-13-8-7-12(17)14(18-13)15(19)20/h4-9H,1-3H3,(H,19,20). The number of carbonyl (C=O) groups is 1. The van der Waals surface area contributed by atoms with Crippen molar-refractivity contribution in [2.75, 3.05) is 0 Å². The number of nitrogens with zero attached hydrogens (tertiary/aromatic N) is 1. The van der Waals surface area contributed by atoms with E-state index in [2.05, 4.69) is 25.8 Å². The summed E-state index contributed by atoms with van der Waals surface area (Å²) in [4.78, 5) is 14.9. The van der Waals surface area contributed by atoms with Crippen LogP contribution < -0.4 is 4.74 Å². The van der Waals surface area contributed by atoms with Crippen LogP contribution in [0.2, 0.25) is 5.02 Å². The van der Waals surface area contributed by atoms with Crippen LogP contribution >= 0.6 is 11.6 Å². The molecule has 0 radical (unpaired) electrons. The molecular formula is C16H16ClNO3. The molecule has 4 nitrogen and oxygen atoms in total. The van der Waals surface area contributed by atoms with E-state index in [-0.39, 0.29) is 22.0 Å². The van der Waals surface area contributed by atoms with Gasteiger partial charge in [0.05, 0.1) is 5.02 Å². The average Bonchev–Trinajstić information content (AvgIpc) is 2.40. The van der Waals surface area contributed by atoms with Crippen molar-refractivity contribution in [3.05, 3.63) is 52.7 Å². The fourth-order valence-corrected chi connectivity index (χ4v) is 1.96.